The van der Waals surface area contributed by atoms with Gasteiger partial charge in [-0.25, -0.2) is 0 Å². The summed E-state index contributed by atoms with van der Waals surface area (Å²) < 4.78 is 0. The molecule has 0 nitrogen and oxygen atoms in total. The van der Waals surface area contributed by atoms with E-state index in [0.717, 1.165) is 27.5 Å². The highest BCUT2D eigenvalue weighted by molar-refractivity contribution is 6.41. The fourth-order valence-electron chi connectivity index (χ4n) is 2.53. The van der Waals surface area contributed by atoms with Crippen LogP contribution >= 0.6 is 34.8 Å². The molecule has 3 heteroatoms. The van der Waals surface area contributed by atoms with Crippen molar-refractivity contribution in [2.45, 2.75) is 6.92 Å². The number of rotatable bonds is 1. The van der Waals surface area contributed by atoms with Crippen molar-refractivity contribution in [3.05, 3.63) is 69.2 Å². The van der Waals surface area contributed by atoms with Crippen LogP contribution in [0, 0.1) is 6.92 Å². The maximum atomic E-state index is 6.41. The number of aryl methyl sites for hydroxylation is 1. The van der Waals surface area contributed by atoms with E-state index in [0.29, 0.717) is 15.1 Å². The van der Waals surface area contributed by atoms with Crippen molar-refractivity contribution in [1.82, 2.24) is 0 Å². The molecule has 0 atom stereocenters. The first-order valence-corrected chi connectivity index (χ1v) is 7.35. The molecule has 0 spiro atoms. The van der Waals surface area contributed by atoms with E-state index >= 15 is 0 Å². The van der Waals surface area contributed by atoms with Crippen LogP contribution in [0.4, 0.5) is 0 Å². The van der Waals surface area contributed by atoms with Gasteiger partial charge in [0.15, 0.2) is 0 Å². The number of hydrogen-bond acceptors (Lipinski definition) is 0. The van der Waals surface area contributed by atoms with E-state index in [9.17, 15) is 0 Å². The topological polar surface area (TPSA) is 0 Å². The van der Waals surface area contributed by atoms with Gasteiger partial charge in [-0.1, -0.05) is 65.1 Å². The van der Waals surface area contributed by atoms with Crippen molar-refractivity contribution >= 4 is 45.6 Å². The summed E-state index contributed by atoms with van der Waals surface area (Å²) in [5.74, 6) is 0. The van der Waals surface area contributed by atoms with Gasteiger partial charge in [0.1, 0.15) is 0 Å². The fraction of sp³-hybridized carbons (Fsp3) is 0.0588. The third kappa shape index (κ3) is 2.18. The molecule has 0 amide bonds. The second kappa shape index (κ2) is 5.29. The predicted octanol–water partition coefficient (Wildman–Crippen LogP) is 6.78. The molecule has 0 N–H and O–H groups in total. The van der Waals surface area contributed by atoms with Crippen LogP contribution in [0.3, 0.4) is 0 Å². The van der Waals surface area contributed by atoms with Crippen molar-refractivity contribution in [2.24, 2.45) is 0 Å². The summed E-state index contributed by atoms with van der Waals surface area (Å²) in [4.78, 5) is 0. The van der Waals surface area contributed by atoms with Gasteiger partial charge >= 0.3 is 0 Å². The Kier molecular flexibility index (Phi) is 3.64. The lowest BCUT2D eigenvalue weighted by Gasteiger charge is -2.14. The van der Waals surface area contributed by atoms with Crippen molar-refractivity contribution in [2.75, 3.05) is 0 Å². The molecule has 3 aromatic rings. The number of benzene rings is 3. The molecule has 0 bridgehead atoms. The Balaban J connectivity index is 2.51. The maximum absolute atomic E-state index is 6.41. The predicted molar refractivity (Wildman–Crippen MR) is 89.2 cm³/mol. The van der Waals surface area contributed by atoms with Crippen molar-refractivity contribution in [1.29, 1.82) is 0 Å². The molecular weight excluding hydrogens is 311 g/mol. The average molecular weight is 322 g/mol. The molecule has 0 fully saturated rings. The van der Waals surface area contributed by atoms with Crippen molar-refractivity contribution in [3.8, 4) is 11.1 Å². The van der Waals surface area contributed by atoms with E-state index in [-0.39, 0.29) is 0 Å². The summed E-state index contributed by atoms with van der Waals surface area (Å²) in [5.41, 5.74) is 3.07. The highest BCUT2D eigenvalue weighted by atomic mass is 35.5. The molecule has 20 heavy (non-hydrogen) atoms. The summed E-state index contributed by atoms with van der Waals surface area (Å²) in [7, 11) is 0. The number of hydrogen-bond donors (Lipinski definition) is 0. The molecule has 3 aromatic carbocycles. The van der Waals surface area contributed by atoms with Crippen LogP contribution in [0.15, 0.2) is 48.5 Å². The minimum Gasteiger partial charge on any atom is -0.0837 e. The minimum atomic E-state index is 0.683. The molecule has 3 rings (SSSR count). The first-order chi connectivity index (χ1) is 9.59. The summed E-state index contributed by atoms with van der Waals surface area (Å²) in [6.45, 7) is 2.02. The molecule has 0 aliphatic carbocycles. The van der Waals surface area contributed by atoms with Crippen LogP contribution < -0.4 is 0 Å². The summed E-state index contributed by atoms with van der Waals surface area (Å²) in [6.07, 6.45) is 0. The zero-order valence-electron chi connectivity index (χ0n) is 10.8. The molecule has 0 aliphatic rings. The van der Waals surface area contributed by atoms with E-state index in [2.05, 4.69) is 0 Å². The fourth-order valence-corrected chi connectivity index (χ4v) is 3.35. The number of fused-ring (bicyclic) bond motifs is 1. The van der Waals surface area contributed by atoms with Crippen LogP contribution in [-0.2, 0) is 0 Å². The molecule has 0 radical (unpaired) electrons. The lowest BCUT2D eigenvalue weighted by atomic mass is 9.94. The van der Waals surface area contributed by atoms with Crippen LogP contribution in [0.5, 0.6) is 0 Å². The zero-order valence-corrected chi connectivity index (χ0v) is 13.0. The maximum Gasteiger partial charge on any atom is 0.0491 e. The van der Waals surface area contributed by atoms with Crippen molar-refractivity contribution < 1.29 is 0 Å². The Morgan fingerprint density at radius 1 is 0.750 bits per heavy atom. The lowest BCUT2D eigenvalue weighted by Crippen LogP contribution is -1.89. The van der Waals surface area contributed by atoms with Gasteiger partial charge in [0.25, 0.3) is 0 Å². The third-order valence-electron chi connectivity index (χ3n) is 3.40. The molecule has 0 aromatic heterocycles. The van der Waals surface area contributed by atoms with Gasteiger partial charge in [-0.15, -0.1) is 0 Å². The molecule has 0 unspecified atom stereocenters. The quantitative estimate of drug-likeness (QED) is 0.463. The highest BCUT2D eigenvalue weighted by Gasteiger charge is 2.15. The second-order valence-corrected chi connectivity index (χ2v) is 5.91. The van der Waals surface area contributed by atoms with Gasteiger partial charge in [-0.05, 0) is 36.2 Å². The van der Waals surface area contributed by atoms with Gasteiger partial charge in [0.05, 0.1) is 0 Å². The average Bonchev–Trinajstić information content (AvgIpc) is 2.41. The molecule has 0 saturated carbocycles. The molecule has 100 valence electrons. The highest BCUT2D eigenvalue weighted by Crippen LogP contribution is 2.41. The summed E-state index contributed by atoms with van der Waals surface area (Å²) in [5, 5.41) is 3.99. The van der Waals surface area contributed by atoms with Crippen LogP contribution in [0.2, 0.25) is 15.1 Å². The van der Waals surface area contributed by atoms with Gasteiger partial charge < -0.3 is 0 Å². The van der Waals surface area contributed by atoms with E-state index < -0.39 is 0 Å². The van der Waals surface area contributed by atoms with E-state index in [1.165, 1.54) is 0 Å². The summed E-state index contributed by atoms with van der Waals surface area (Å²) >= 11 is 19.1. The van der Waals surface area contributed by atoms with Gasteiger partial charge in [-0.3, -0.25) is 0 Å². The van der Waals surface area contributed by atoms with E-state index in [4.69, 9.17) is 34.8 Å². The van der Waals surface area contributed by atoms with Gasteiger partial charge in [-0.2, -0.15) is 0 Å². The third-order valence-corrected chi connectivity index (χ3v) is 4.36. The number of halogens is 3. The molecular formula is C17H11Cl3. The monoisotopic (exact) mass is 320 g/mol. The lowest BCUT2D eigenvalue weighted by molar-refractivity contribution is 1.49. The first-order valence-electron chi connectivity index (χ1n) is 6.22. The Labute approximate surface area is 132 Å². The van der Waals surface area contributed by atoms with E-state index in [1.54, 1.807) is 0 Å². The Morgan fingerprint density at radius 3 is 2.20 bits per heavy atom. The normalized spacial score (nSPS) is 11.0. The smallest absolute Gasteiger partial charge is 0.0491 e. The standard InChI is InChI=1S/C17H11Cl3/c1-10-9-15(20)12-6-4-8-14(19)17(12)16(10)11-5-2-3-7-13(11)18/h2-9H,1H3. The van der Waals surface area contributed by atoms with E-state index in [1.807, 2.05) is 55.5 Å². The first kappa shape index (κ1) is 13.8. The SMILES string of the molecule is Cc1cc(Cl)c2cccc(Cl)c2c1-c1ccccc1Cl. The summed E-state index contributed by atoms with van der Waals surface area (Å²) in [6, 6.07) is 15.5. The van der Waals surface area contributed by atoms with Crippen LogP contribution in [0.25, 0.3) is 21.9 Å². The van der Waals surface area contributed by atoms with Crippen LogP contribution in [0.1, 0.15) is 5.56 Å². The van der Waals surface area contributed by atoms with Crippen molar-refractivity contribution in [3.63, 3.8) is 0 Å². The Bertz CT molecular complexity index is 807. The Hall–Kier alpha value is -1.21. The molecule has 0 saturated heterocycles. The minimum absolute atomic E-state index is 0.683. The largest absolute Gasteiger partial charge is 0.0837 e. The molecule has 0 heterocycles. The second-order valence-electron chi connectivity index (χ2n) is 4.69. The zero-order chi connectivity index (χ0) is 14.3. The molecule has 0 aliphatic heterocycles. The van der Waals surface area contributed by atoms with Gasteiger partial charge in [0, 0.05) is 31.4 Å². The van der Waals surface area contributed by atoms with Gasteiger partial charge in [0.2, 0.25) is 0 Å². The Morgan fingerprint density at radius 2 is 1.45 bits per heavy atom. The van der Waals surface area contributed by atoms with Crippen LogP contribution in [-0.4, -0.2) is 0 Å².